The summed E-state index contributed by atoms with van der Waals surface area (Å²) in [4.78, 5) is 39.3. The molecule has 0 unspecified atom stereocenters. The van der Waals surface area contributed by atoms with Crippen molar-refractivity contribution in [2.24, 2.45) is 17.8 Å². The van der Waals surface area contributed by atoms with Crippen LogP contribution in [0.25, 0.3) is 0 Å². The Bertz CT molecular complexity index is 714. The second-order valence-electron chi connectivity index (χ2n) is 7.90. The molecule has 0 spiro atoms. The van der Waals surface area contributed by atoms with Crippen molar-refractivity contribution >= 4 is 23.5 Å². The van der Waals surface area contributed by atoms with E-state index in [4.69, 9.17) is 4.74 Å². The Morgan fingerprint density at radius 1 is 1.07 bits per heavy atom. The maximum atomic E-state index is 12.9. The molecular formula is C22H29NO4. The molecule has 5 nitrogen and oxygen atoms in total. The van der Waals surface area contributed by atoms with E-state index < -0.39 is 0 Å². The zero-order valence-corrected chi connectivity index (χ0v) is 16.3. The zero-order valence-electron chi connectivity index (χ0n) is 16.3. The monoisotopic (exact) mass is 371 g/mol. The molecule has 1 saturated carbocycles. The Morgan fingerprint density at radius 3 is 2.59 bits per heavy atom. The van der Waals surface area contributed by atoms with Gasteiger partial charge in [-0.3, -0.25) is 14.4 Å². The number of para-hydroxylation sites is 2. The first kappa shape index (κ1) is 19.6. The number of imide groups is 1. The lowest BCUT2D eigenvalue weighted by atomic mass is 9.76. The number of benzene rings is 1. The summed E-state index contributed by atoms with van der Waals surface area (Å²) >= 11 is 0. The number of hydrogen-bond donors (Lipinski definition) is 0. The fraction of sp³-hybridized carbons (Fsp3) is 0.591. The molecule has 27 heavy (non-hydrogen) atoms. The first-order valence-corrected chi connectivity index (χ1v) is 10.2. The van der Waals surface area contributed by atoms with Gasteiger partial charge in [0.25, 0.3) is 0 Å². The summed E-state index contributed by atoms with van der Waals surface area (Å²) in [7, 11) is 0. The topological polar surface area (TPSA) is 63.7 Å². The van der Waals surface area contributed by atoms with Gasteiger partial charge in [-0.05, 0) is 43.7 Å². The van der Waals surface area contributed by atoms with E-state index in [1.54, 1.807) is 24.3 Å². The summed E-state index contributed by atoms with van der Waals surface area (Å²) < 4.78 is 5.52. The molecule has 5 heteroatoms. The van der Waals surface area contributed by atoms with E-state index in [2.05, 4.69) is 13.8 Å². The van der Waals surface area contributed by atoms with Crippen LogP contribution in [0.1, 0.15) is 65.2 Å². The highest BCUT2D eigenvalue weighted by atomic mass is 16.5. The lowest BCUT2D eigenvalue weighted by molar-refractivity contribution is -0.134. The van der Waals surface area contributed by atoms with Crippen LogP contribution in [0.4, 0.5) is 5.69 Å². The minimum Gasteiger partial charge on any atom is -0.424 e. The van der Waals surface area contributed by atoms with Gasteiger partial charge in [-0.2, -0.15) is 0 Å². The van der Waals surface area contributed by atoms with Crippen LogP contribution < -0.4 is 9.64 Å². The minimum atomic E-state index is -0.316. The molecule has 1 aromatic rings. The van der Waals surface area contributed by atoms with E-state index in [1.807, 2.05) is 0 Å². The Morgan fingerprint density at radius 2 is 1.81 bits per heavy atom. The van der Waals surface area contributed by atoms with Crippen LogP contribution in [-0.2, 0) is 14.4 Å². The average molecular weight is 371 g/mol. The predicted molar refractivity (Wildman–Crippen MR) is 103 cm³/mol. The zero-order chi connectivity index (χ0) is 19.4. The lowest BCUT2D eigenvalue weighted by Gasteiger charge is -2.25. The average Bonchev–Trinajstić information content (AvgIpc) is 2.89. The molecule has 2 amide bonds. The number of ether oxygens (including phenoxy) is 1. The number of amides is 2. The van der Waals surface area contributed by atoms with Crippen molar-refractivity contribution in [3.05, 3.63) is 24.3 Å². The molecule has 1 aliphatic heterocycles. The molecule has 0 N–H and O–H groups in total. The van der Waals surface area contributed by atoms with Gasteiger partial charge < -0.3 is 4.74 Å². The van der Waals surface area contributed by atoms with Gasteiger partial charge in [-0.25, -0.2) is 4.90 Å². The van der Waals surface area contributed by atoms with Gasteiger partial charge in [0.2, 0.25) is 11.8 Å². The first-order chi connectivity index (χ1) is 13.0. The van der Waals surface area contributed by atoms with E-state index in [0.717, 1.165) is 44.9 Å². The molecule has 146 valence electrons. The number of carbonyl (C=O) groups excluding carboxylic acids is 3. The molecule has 2 aliphatic rings. The van der Waals surface area contributed by atoms with E-state index in [-0.39, 0.29) is 29.6 Å². The summed E-state index contributed by atoms with van der Waals surface area (Å²) in [6, 6.07) is 6.86. The number of esters is 1. The maximum absolute atomic E-state index is 12.9. The maximum Gasteiger partial charge on any atom is 0.311 e. The Hall–Kier alpha value is -2.17. The highest BCUT2D eigenvalue weighted by Gasteiger charge is 2.50. The number of carbonyl (C=O) groups is 3. The predicted octanol–water partition coefficient (Wildman–Crippen LogP) is 4.49. The summed E-state index contributed by atoms with van der Waals surface area (Å²) in [6.07, 6.45) is 6.83. The van der Waals surface area contributed by atoms with Crippen molar-refractivity contribution in [3.63, 3.8) is 0 Å². The van der Waals surface area contributed by atoms with Crippen molar-refractivity contribution < 1.29 is 19.1 Å². The van der Waals surface area contributed by atoms with E-state index in [0.29, 0.717) is 23.8 Å². The first-order valence-electron chi connectivity index (χ1n) is 10.2. The summed E-state index contributed by atoms with van der Waals surface area (Å²) in [6.45, 7) is 4.25. The number of hydrogen-bond acceptors (Lipinski definition) is 4. The third-order valence-corrected chi connectivity index (χ3v) is 5.75. The highest BCUT2D eigenvalue weighted by molar-refractivity contribution is 6.22. The van der Waals surface area contributed by atoms with Crippen molar-refractivity contribution in [1.82, 2.24) is 0 Å². The number of rotatable bonds is 7. The molecule has 2 fully saturated rings. The number of unbranched alkanes of at least 4 members (excludes halogenated alkanes) is 3. The van der Waals surface area contributed by atoms with Gasteiger partial charge in [0.05, 0.1) is 17.5 Å². The highest BCUT2D eigenvalue weighted by Crippen LogP contribution is 2.44. The molecular weight excluding hydrogens is 342 g/mol. The van der Waals surface area contributed by atoms with Crippen LogP contribution in [0.5, 0.6) is 5.75 Å². The SMILES string of the molecule is CCCCCCC(=O)Oc1ccccc1N1C(=O)[C@H]2C[C@@H](C)CC[C@H]2C1=O. The number of nitrogens with zero attached hydrogens (tertiary/aromatic N) is 1. The second-order valence-corrected chi connectivity index (χ2v) is 7.90. The molecule has 3 rings (SSSR count). The van der Waals surface area contributed by atoms with E-state index >= 15 is 0 Å². The normalized spacial score (nSPS) is 24.8. The molecule has 1 heterocycles. The molecule has 3 atom stereocenters. The van der Waals surface area contributed by atoms with Gasteiger partial charge in [-0.15, -0.1) is 0 Å². The van der Waals surface area contributed by atoms with E-state index in [9.17, 15) is 14.4 Å². The van der Waals surface area contributed by atoms with Crippen LogP contribution in [0.2, 0.25) is 0 Å². The fourth-order valence-electron chi connectivity index (χ4n) is 4.23. The van der Waals surface area contributed by atoms with Crippen molar-refractivity contribution in [2.45, 2.75) is 65.2 Å². The van der Waals surface area contributed by atoms with Gasteiger partial charge in [-0.1, -0.05) is 45.2 Å². The van der Waals surface area contributed by atoms with Crippen LogP contribution in [0.3, 0.4) is 0 Å². The third kappa shape index (κ3) is 4.23. The van der Waals surface area contributed by atoms with Gasteiger partial charge in [0.15, 0.2) is 5.75 Å². The second kappa shape index (κ2) is 8.68. The molecule has 0 bridgehead atoms. The van der Waals surface area contributed by atoms with Crippen LogP contribution in [0.15, 0.2) is 24.3 Å². The van der Waals surface area contributed by atoms with Gasteiger partial charge >= 0.3 is 5.97 Å². The Kier molecular flexibility index (Phi) is 6.30. The molecule has 1 aliphatic carbocycles. The molecule has 0 aromatic heterocycles. The lowest BCUT2D eigenvalue weighted by Crippen LogP contribution is -2.31. The summed E-state index contributed by atoms with van der Waals surface area (Å²) in [5.41, 5.74) is 0.400. The smallest absolute Gasteiger partial charge is 0.311 e. The quantitative estimate of drug-likeness (QED) is 0.307. The fourth-order valence-corrected chi connectivity index (χ4v) is 4.23. The van der Waals surface area contributed by atoms with Crippen molar-refractivity contribution in [3.8, 4) is 5.75 Å². The van der Waals surface area contributed by atoms with Crippen molar-refractivity contribution in [1.29, 1.82) is 0 Å². The molecule has 0 radical (unpaired) electrons. The number of anilines is 1. The molecule has 1 aromatic carbocycles. The van der Waals surface area contributed by atoms with Gasteiger partial charge in [0, 0.05) is 6.42 Å². The van der Waals surface area contributed by atoms with Crippen molar-refractivity contribution in [2.75, 3.05) is 4.90 Å². The Balaban J connectivity index is 1.74. The van der Waals surface area contributed by atoms with E-state index in [1.165, 1.54) is 4.90 Å². The largest absolute Gasteiger partial charge is 0.424 e. The van der Waals surface area contributed by atoms with Crippen LogP contribution in [-0.4, -0.2) is 17.8 Å². The minimum absolute atomic E-state index is 0.150. The van der Waals surface area contributed by atoms with Crippen LogP contribution >= 0.6 is 0 Å². The summed E-state index contributed by atoms with van der Waals surface area (Å²) in [5, 5.41) is 0. The molecule has 1 saturated heterocycles. The standard InChI is InChI=1S/C22H29NO4/c1-3-4-5-6-11-20(24)27-19-10-8-7-9-18(19)23-21(25)16-13-12-15(2)14-17(16)22(23)26/h7-10,15-17H,3-6,11-14H2,1-2H3/t15-,16+,17-/m0/s1. The van der Waals surface area contributed by atoms with Gasteiger partial charge in [0.1, 0.15) is 0 Å². The van der Waals surface area contributed by atoms with Crippen LogP contribution in [0, 0.1) is 17.8 Å². The summed E-state index contributed by atoms with van der Waals surface area (Å²) in [5.74, 6) is -0.328. The number of fused-ring (bicyclic) bond motifs is 1. The third-order valence-electron chi connectivity index (χ3n) is 5.75. The Labute approximate surface area is 161 Å².